The summed E-state index contributed by atoms with van der Waals surface area (Å²) in [6.45, 7) is 3.71. The van der Waals surface area contributed by atoms with Gasteiger partial charge < -0.3 is 4.90 Å². The van der Waals surface area contributed by atoms with Crippen molar-refractivity contribution in [1.82, 2.24) is 34.2 Å². The smallest absolute Gasteiger partial charge is 0.339 e. The summed E-state index contributed by atoms with van der Waals surface area (Å²) in [5, 5.41) is 11.0. The molecule has 0 saturated carbocycles. The molecule has 0 aliphatic carbocycles. The van der Waals surface area contributed by atoms with Gasteiger partial charge >= 0.3 is 5.69 Å². The van der Waals surface area contributed by atoms with Crippen molar-refractivity contribution in [2.45, 2.75) is 13.1 Å². The fourth-order valence-electron chi connectivity index (χ4n) is 3.08. The molecular weight excluding hydrogens is 322 g/mol. The molecule has 4 rings (SSSR count). The predicted molar refractivity (Wildman–Crippen MR) is 89.9 cm³/mol. The Morgan fingerprint density at radius 3 is 2.76 bits per heavy atom. The molecule has 0 atom stereocenters. The number of nitrogens with one attached hydrogen (secondary N) is 1. The molecule has 1 amide bonds. The van der Waals surface area contributed by atoms with Gasteiger partial charge in [-0.15, -0.1) is 5.10 Å². The van der Waals surface area contributed by atoms with E-state index >= 15 is 0 Å². The number of amides is 1. The average Bonchev–Trinajstić information content (AvgIpc) is 3.24. The van der Waals surface area contributed by atoms with Gasteiger partial charge in [0.1, 0.15) is 6.54 Å². The monoisotopic (exact) mass is 341 g/mol. The van der Waals surface area contributed by atoms with E-state index in [-0.39, 0.29) is 18.1 Å². The van der Waals surface area contributed by atoms with Crippen LogP contribution in [0.3, 0.4) is 0 Å². The molecule has 1 aliphatic heterocycles. The number of aromatic amines is 1. The number of rotatable bonds is 4. The number of H-pyrrole nitrogens is 1. The topological polar surface area (TPSA) is 91.5 Å². The molecule has 3 aromatic heterocycles. The summed E-state index contributed by atoms with van der Waals surface area (Å²) in [6, 6.07) is 5.33. The van der Waals surface area contributed by atoms with E-state index in [1.165, 1.54) is 9.08 Å². The minimum absolute atomic E-state index is 0.0256. The number of piperazine rings is 1. The van der Waals surface area contributed by atoms with Crippen LogP contribution >= 0.6 is 0 Å². The van der Waals surface area contributed by atoms with Crippen molar-refractivity contribution < 1.29 is 4.79 Å². The van der Waals surface area contributed by atoms with Crippen molar-refractivity contribution in [3.63, 3.8) is 0 Å². The molecule has 9 nitrogen and oxygen atoms in total. The minimum atomic E-state index is -0.289. The summed E-state index contributed by atoms with van der Waals surface area (Å²) in [5.41, 5.74) is 1.39. The maximum absolute atomic E-state index is 12.5. The summed E-state index contributed by atoms with van der Waals surface area (Å²) >= 11 is 0. The third-order valence-electron chi connectivity index (χ3n) is 4.46. The van der Waals surface area contributed by atoms with Gasteiger partial charge in [-0.05, 0) is 12.1 Å². The molecule has 1 saturated heterocycles. The Bertz CT molecular complexity index is 920. The highest BCUT2D eigenvalue weighted by Gasteiger charge is 2.22. The lowest BCUT2D eigenvalue weighted by atomic mass is 10.2. The second-order valence-corrected chi connectivity index (χ2v) is 6.13. The van der Waals surface area contributed by atoms with E-state index in [1.54, 1.807) is 23.2 Å². The third-order valence-corrected chi connectivity index (χ3v) is 4.46. The summed E-state index contributed by atoms with van der Waals surface area (Å²) in [4.78, 5) is 28.8. The Kier molecular flexibility index (Phi) is 4.06. The molecule has 1 N–H and O–H groups in total. The molecule has 25 heavy (non-hydrogen) atoms. The number of carbonyl (C=O) groups is 1. The molecular formula is C16H19N7O2. The zero-order valence-corrected chi connectivity index (χ0v) is 13.7. The van der Waals surface area contributed by atoms with E-state index in [0.29, 0.717) is 18.7 Å². The lowest BCUT2D eigenvalue weighted by Gasteiger charge is -2.34. The molecule has 9 heteroatoms. The number of pyridine rings is 1. The first-order valence-corrected chi connectivity index (χ1v) is 8.23. The van der Waals surface area contributed by atoms with Crippen LogP contribution in [0, 0.1) is 0 Å². The second kappa shape index (κ2) is 6.52. The van der Waals surface area contributed by atoms with Crippen LogP contribution in [0.15, 0.2) is 41.6 Å². The number of hydrogen-bond donors (Lipinski definition) is 1. The fraction of sp³-hybridized carbons (Fsp3) is 0.375. The van der Waals surface area contributed by atoms with Gasteiger partial charge in [-0.1, -0.05) is 6.07 Å². The van der Waals surface area contributed by atoms with E-state index < -0.39 is 0 Å². The van der Waals surface area contributed by atoms with Crippen LogP contribution in [-0.4, -0.2) is 66.3 Å². The number of fused-ring (bicyclic) bond motifs is 1. The van der Waals surface area contributed by atoms with E-state index in [9.17, 15) is 9.59 Å². The van der Waals surface area contributed by atoms with Gasteiger partial charge in [-0.25, -0.2) is 9.48 Å². The van der Waals surface area contributed by atoms with Crippen molar-refractivity contribution in [2.75, 3.05) is 26.2 Å². The molecule has 130 valence electrons. The van der Waals surface area contributed by atoms with Crippen LogP contribution in [0.1, 0.15) is 5.56 Å². The predicted octanol–water partition coefficient (Wildman–Crippen LogP) is -0.436. The van der Waals surface area contributed by atoms with E-state index in [1.807, 2.05) is 18.5 Å². The van der Waals surface area contributed by atoms with Gasteiger partial charge in [0.15, 0.2) is 5.65 Å². The third kappa shape index (κ3) is 3.18. The quantitative estimate of drug-likeness (QED) is 0.695. The molecule has 1 aliphatic rings. The Labute approximate surface area is 143 Å². The lowest BCUT2D eigenvalue weighted by molar-refractivity contribution is -0.133. The first-order valence-electron chi connectivity index (χ1n) is 8.23. The molecule has 1 fully saturated rings. The van der Waals surface area contributed by atoms with Gasteiger partial charge in [0.2, 0.25) is 5.91 Å². The van der Waals surface area contributed by atoms with Crippen LogP contribution in [0.25, 0.3) is 5.65 Å². The average molecular weight is 341 g/mol. The van der Waals surface area contributed by atoms with Gasteiger partial charge in [0, 0.05) is 50.7 Å². The second-order valence-electron chi connectivity index (χ2n) is 6.13. The van der Waals surface area contributed by atoms with Crippen LogP contribution in [0.2, 0.25) is 0 Å². The first kappa shape index (κ1) is 15.6. The van der Waals surface area contributed by atoms with Crippen LogP contribution in [0.5, 0.6) is 0 Å². The maximum atomic E-state index is 12.5. The van der Waals surface area contributed by atoms with Gasteiger partial charge in [0.05, 0.1) is 6.20 Å². The SMILES string of the molecule is O=C(Cn1nc2ccccn2c1=O)N1CCN(Cc2cn[nH]c2)CC1. The molecule has 0 unspecified atom stereocenters. The van der Waals surface area contributed by atoms with Crippen molar-refractivity contribution in [3.8, 4) is 0 Å². The molecule has 0 bridgehead atoms. The molecule has 0 aromatic carbocycles. The largest absolute Gasteiger partial charge is 0.350 e. The zero-order valence-electron chi connectivity index (χ0n) is 13.7. The molecule has 0 spiro atoms. The number of carbonyl (C=O) groups excluding carboxylic acids is 1. The van der Waals surface area contributed by atoms with Crippen LogP contribution in [-0.2, 0) is 17.9 Å². The van der Waals surface area contributed by atoms with E-state index in [0.717, 1.165) is 25.2 Å². The summed E-state index contributed by atoms with van der Waals surface area (Å²) in [6.07, 6.45) is 5.35. The number of aromatic nitrogens is 5. The Hall–Kier alpha value is -2.94. The van der Waals surface area contributed by atoms with Gasteiger partial charge in [-0.2, -0.15) is 5.10 Å². The Balaban J connectivity index is 1.37. The maximum Gasteiger partial charge on any atom is 0.350 e. The highest BCUT2D eigenvalue weighted by atomic mass is 16.2. The minimum Gasteiger partial charge on any atom is -0.339 e. The highest BCUT2D eigenvalue weighted by Crippen LogP contribution is 2.08. The highest BCUT2D eigenvalue weighted by molar-refractivity contribution is 5.76. The first-order chi connectivity index (χ1) is 12.2. The van der Waals surface area contributed by atoms with Crippen molar-refractivity contribution in [3.05, 3.63) is 52.8 Å². The molecule has 4 heterocycles. The van der Waals surface area contributed by atoms with Gasteiger partial charge in [-0.3, -0.25) is 19.2 Å². The van der Waals surface area contributed by atoms with E-state index in [2.05, 4.69) is 20.2 Å². The summed E-state index contributed by atoms with van der Waals surface area (Å²) in [5.74, 6) is -0.0755. The normalized spacial score (nSPS) is 15.8. The molecule has 0 radical (unpaired) electrons. The van der Waals surface area contributed by atoms with Crippen LogP contribution in [0.4, 0.5) is 0 Å². The Morgan fingerprint density at radius 2 is 2.04 bits per heavy atom. The standard InChI is InChI=1S/C16H19N7O2/c24-15(12-23-16(25)22-4-2-1-3-14(22)19-23)21-7-5-20(6-8-21)11-13-9-17-18-10-13/h1-4,9-10H,5-8,11-12H2,(H,17,18). The van der Waals surface area contributed by atoms with Crippen molar-refractivity contribution in [2.24, 2.45) is 0 Å². The number of hydrogen-bond acceptors (Lipinski definition) is 5. The summed E-state index contributed by atoms with van der Waals surface area (Å²) < 4.78 is 2.67. The van der Waals surface area contributed by atoms with E-state index in [4.69, 9.17) is 0 Å². The lowest BCUT2D eigenvalue weighted by Crippen LogP contribution is -2.49. The molecule has 3 aromatic rings. The van der Waals surface area contributed by atoms with Crippen molar-refractivity contribution in [1.29, 1.82) is 0 Å². The zero-order chi connectivity index (χ0) is 17.2. The fourth-order valence-corrected chi connectivity index (χ4v) is 3.08. The number of nitrogens with zero attached hydrogens (tertiary/aromatic N) is 6. The summed E-state index contributed by atoms with van der Waals surface area (Å²) in [7, 11) is 0. The van der Waals surface area contributed by atoms with Crippen LogP contribution < -0.4 is 5.69 Å². The van der Waals surface area contributed by atoms with Crippen molar-refractivity contribution >= 4 is 11.6 Å². The Morgan fingerprint density at radius 1 is 1.20 bits per heavy atom. The van der Waals surface area contributed by atoms with Gasteiger partial charge in [0.25, 0.3) is 0 Å².